The number of benzene rings is 3. The Hall–Kier alpha value is -3.46. The predicted octanol–water partition coefficient (Wildman–Crippen LogP) is 7.69. The zero-order chi connectivity index (χ0) is 22.9. The van der Waals surface area contributed by atoms with Crippen LogP contribution in [0.5, 0.6) is 0 Å². The van der Waals surface area contributed by atoms with Crippen molar-refractivity contribution in [2.24, 2.45) is 5.92 Å². The summed E-state index contributed by atoms with van der Waals surface area (Å²) in [5.41, 5.74) is 5.43. The number of hydrogen-bond acceptors (Lipinski definition) is 2. The third-order valence-electron chi connectivity index (χ3n) is 6.99. The van der Waals surface area contributed by atoms with Gasteiger partial charge in [0.1, 0.15) is 0 Å². The average molecular weight is 435 g/mol. The lowest BCUT2D eigenvalue weighted by molar-refractivity contribution is 0.0947. The molecule has 0 spiro atoms. The van der Waals surface area contributed by atoms with Gasteiger partial charge in [0.2, 0.25) is 0 Å². The van der Waals surface area contributed by atoms with Crippen LogP contribution in [-0.2, 0) is 0 Å². The topological polar surface area (TPSA) is 34.9 Å². The molecule has 166 valence electrons. The minimum Gasteiger partial charge on any atom is -0.267 e. The van der Waals surface area contributed by atoms with Crippen LogP contribution in [0, 0.1) is 5.92 Å². The van der Waals surface area contributed by atoms with Crippen molar-refractivity contribution in [3.63, 3.8) is 0 Å². The lowest BCUT2D eigenvalue weighted by Gasteiger charge is -2.30. The highest BCUT2D eigenvalue weighted by Crippen LogP contribution is 2.47. The van der Waals surface area contributed by atoms with Crippen LogP contribution in [0.3, 0.4) is 0 Å². The minimum atomic E-state index is -0.0821. The Morgan fingerprint density at radius 1 is 0.970 bits per heavy atom. The summed E-state index contributed by atoms with van der Waals surface area (Å²) in [4.78, 5) is 13.5. The Labute approximate surface area is 195 Å². The van der Waals surface area contributed by atoms with Crippen molar-refractivity contribution < 1.29 is 4.79 Å². The van der Waals surface area contributed by atoms with Crippen LogP contribution in [0.15, 0.2) is 78.9 Å². The molecule has 1 heterocycles. The molecule has 5 rings (SSSR count). The van der Waals surface area contributed by atoms with Crippen LogP contribution < -0.4 is 0 Å². The highest BCUT2D eigenvalue weighted by Gasteiger charge is 2.35. The molecular weight excluding hydrogens is 404 g/mol. The van der Waals surface area contributed by atoms with Gasteiger partial charge in [0.05, 0.1) is 11.4 Å². The largest absolute Gasteiger partial charge is 0.271 e. The van der Waals surface area contributed by atoms with E-state index in [1.807, 2.05) is 36.4 Å². The third kappa shape index (κ3) is 3.93. The number of aromatic nitrogens is 2. The number of carbonyl (C=O) groups is 1. The van der Waals surface area contributed by atoms with Crippen LogP contribution in [-0.4, -0.2) is 15.7 Å². The van der Waals surface area contributed by atoms with Gasteiger partial charge in [-0.1, -0.05) is 93.6 Å². The second kappa shape index (κ2) is 8.82. The van der Waals surface area contributed by atoms with Crippen molar-refractivity contribution in [2.45, 2.75) is 45.4 Å². The fraction of sp³-hybridized carbons (Fsp3) is 0.267. The van der Waals surface area contributed by atoms with Crippen LogP contribution in [0.1, 0.15) is 67.1 Å². The van der Waals surface area contributed by atoms with E-state index in [4.69, 9.17) is 5.10 Å². The highest BCUT2D eigenvalue weighted by molar-refractivity contribution is 5.98. The third-order valence-corrected chi connectivity index (χ3v) is 6.99. The molecule has 0 saturated carbocycles. The summed E-state index contributed by atoms with van der Waals surface area (Å²) < 4.78 is 1.70. The molecule has 0 amide bonds. The van der Waals surface area contributed by atoms with E-state index in [2.05, 4.69) is 63.2 Å². The number of nitrogens with zero attached hydrogens (tertiary/aromatic N) is 2. The first-order valence-electron chi connectivity index (χ1n) is 11.9. The molecule has 2 atom stereocenters. The van der Waals surface area contributed by atoms with Crippen molar-refractivity contribution in [2.75, 3.05) is 0 Å². The van der Waals surface area contributed by atoms with E-state index in [0.29, 0.717) is 17.8 Å². The van der Waals surface area contributed by atoms with E-state index >= 15 is 0 Å². The standard InChI is InChI=1S/C30H30N2O/c1-20(2)24-18-16-21(3)28-29(26-15-9-13-23-12-7-8-14-25(23)26)31-32(30(24)28)27(33)19-17-22-10-5-4-6-11-22/h4-15,17,19-21,24H,16,18H2,1-3H3/b19-17+/t21-,24+/m0/s1. The lowest BCUT2D eigenvalue weighted by Crippen LogP contribution is -2.23. The summed E-state index contributed by atoms with van der Waals surface area (Å²) in [6.45, 7) is 6.79. The molecule has 3 heteroatoms. The maximum atomic E-state index is 13.5. The van der Waals surface area contributed by atoms with E-state index in [1.54, 1.807) is 10.8 Å². The molecule has 1 aliphatic rings. The molecule has 3 nitrogen and oxygen atoms in total. The fourth-order valence-corrected chi connectivity index (χ4v) is 5.25. The molecule has 33 heavy (non-hydrogen) atoms. The Morgan fingerprint density at radius 2 is 1.70 bits per heavy atom. The maximum absolute atomic E-state index is 13.5. The monoisotopic (exact) mass is 434 g/mol. The first-order valence-corrected chi connectivity index (χ1v) is 11.9. The Balaban J connectivity index is 1.70. The number of hydrogen-bond donors (Lipinski definition) is 0. The molecule has 1 aromatic heterocycles. The summed E-state index contributed by atoms with van der Waals surface area (Å²) in [5.74, 6) is 1.05. The van der Waals surface area contributed by atoms with Gasteiger partial charge >= 0.3 is 0 Å². The number of fused-ring (bicyclic) bond motifs is 2. The first-order chi connectivity index (χ1) is 16.0. The summed E-state index contributed by atoms with van der Waals surface area (Å²) >= 11 is 0. The summed E-state index contributed by atoms with van der Waals surface area (Å²) in [5, 5.41) is 7.39. The van der Waals surface area contributed by atoms with Gasteiger partial charge in [-0.2, -0.15) is 5.10 Å². The van der Waals surface area contributed by atoms with Crippen LogP contribution in [0.2, 0.25) is 0 Å². The van der Waals surface area contributed by atoms with E-state index in [-0.39, 0.29) is 5.91 Å². The SMILES string of the molecule is CC(C)[C@H]1CC[C@H](C)c2c(-c3cccc4ccccc34)nn(C(=O)/C=C/c3ccccc3)c21. The van der Waals surface area contributed by atoms with Gasteiger partial charge in [-0.15, -0.1) is 0 Å². The van der Waals surface area contributed by atoms with Gasteiger partial charge in [0.25, 0.3) is 5.91 Å². The van der Waals surface area contributed by atoms with Gasteiger partial charge in [0, 0.05) is 23.1 Å². The van der Waals surface area contributed by atoms with Crippen molar-refractivity contribution in [1.29, 1.82) is 0 Å². The zero-order valence-electron chi connectivity index (χ0n) is 19.5. The highest BCUT2D eigenvalue weighted by atomic mass is 16.2. The maximum Gasteiger partial charge on any atom is 0.271 e. The second-order valence-corrected chi connectivity index (χ2v) is 9.50. The Kier molecular flexibility index (Phi) is 5.72. The van der Waals surface area contributed by atoms with E-state index in [1.165, 1.54) is 16.3 Å². The normalized spacial score (nSPS) is 18.2. The number of allylic oxidation sites excluding steroid dienone is 1. The smallest absolute Gasteiger partial charge is 0.267 e. The lowest BCUT2D eigenvalue weighted by atomic mass is 9.75. The van der Waals surface area contributed by atoms with Gasteiger partial charge < -0.3 is 0 Å². The molecular formula is C30H30N2O. The van der Waals surface area contributed by atoms with E-state index in [0.717, 1.165) is 35.4 Å². The quantitative estimate of drug-likeness (QED) is 0.309. The van der Waals surface area contributed by atoms with Crippen molar-refractivity contribution >= 4 is 22.8 Å². The average Bonchev–Trinajstić information content (AvgIpc) is 3.24. The Bertz CT molecular complexity index is 1320. The van der Waals surface area contributed by atoms with Crippen LogP contribution in [0.4, 0.5) is 0 Å². The predicted molar refractivity (Wildman–Crippen MR) is 136 cm³/mol. The van der Waals surface area contributed by atoms with Crippen molar-refractivity contribution in [3.05, 3.63) is 95.7 Å². The van der Waals surface area contributed by atoms with Gasteiger partial charge in [-0.3, -0.25) is 4.79 Å². The van der Waals surface area contributed by atoms with Crippen molar-refractivity contribution in [1.82, 2.24) is 9.78 Å². The molecule has 0 fully saturated rings. The first kappa shape index (κ1) is 21.4. The van der Waals surface area contributed by atoms with Crippen LogP contribution >= 0.6 is 0 Å². The molecule has 3 aromatic carbocycles. The van der Waals surface area contributed by atoms with Crippen LogP contribution in [0.25, 0.3) is 28.1 Å². The molecule has 0 radical (unpaired) electrons. The molecule has 1 aliphatic carbocycles. The number of rotatable bonds is 4. The van der Waals surface area contributed by atoms with E-state index < -0.39 is 0 Å². The summed E-state index contributed by atoms with van der Waals surface area (Å²) in [6, 6.07) is 24.7. The molecule has 0 aliphatic heterocycles. The molecule has 4 aromatic rings. The molecule has 0 bridgehead atoms. The second-order valence-electron chi connectivity index (χ2n) is 9.50. The summed E-state index contributed by atoms with van der Waals surface area (Å²) in [6.07, 6.45) is 5.74. The molecule has 0 N–H and O–H groups in total. The Morgan fingerprint density at radius 3 is 2.48 bits per heavy atom. The van der Waals surface area contributed by atoms with Gasteiger partial charge in [-0.05, 0) is 47.1 Å². The number of carbonyl (C=O) groups excluding carboxylic acids is 1. The molecule has 0 unspecified atom stereocenters. The fourth-order valence-electron chi connectivity index (χ4n) is 5.25. The van der Waals surface area contributed by atoms with Gasteiger partial charge in [-0.25, -0.2) is 4.68 Å². The molecule has 0 saturated heterocycles. The van der Waals surface area contributed by atoms with Gasteiger partial charge in [0.15, 0.2) is 0 Å². The minimum absolute atomic E-state index is 0.0821. The zero-order valence-corrected chi connectivity index (χ0v) is 19.5. The van der Waals surface area contributed by atoms with E-state index in [9.17, 15) is 4.79 Å². The summed E-state index contributed by atoms with van der Waals surface area (Å²) in [7, 11) is 0. The van der Waals surface area contributed by atoms with Crippen molar-refractivity contribution in [3.8, 4) is 11.3 Å².